The molecule has 1 aromatic heterocycles. The molecule has 0 aliphatic rings. The Hall–Kier alpha value is -1.59. The normalized spacial score (nSPS) is 12.2. The lowest BCUT2D eigenvalue weighted by Gasteiger charge is -2.23. The van der Waals surface area contributed by atoms with Crippen molar-refractivity contribution in [2.24, 2.45) is 0 Å². The number of rotatable bonds is 3. The number of nitrogens with one attached hydrogen (secondary N) is 3. The van der Waals surface area contributed by atoms with Crippen LogP contribution in [0.2, 0.25) is 0 Å². The largest absolute Gasteiger partial charge is 0.357 e. The average Bonchev–Trinajstić information content (AvgIpc) is 2.11. The number of hydrogen-bond acceptors (Lipinski definition) is 6. The van der Waals surface area contributed by atoms with Crippen LogP contribution in [0.25, 0.3) is 0 Å². The molecule has 0 spiro atoms. The van der Waals surface area contributed by atoms with E-state index in [0.29, 0.717) is 17.8 Å². The molecular weight excluding hydrogens is 228 g/mol. The number of hydrogen-bond donors (Lipinski definition) is 3. The van der Waals surface area contributed by atoms with E-state index in [0.717, 1.165) is 0 Å². The average molecular weight is 252 g/mol. The zero-order chi connectivity index (χ0) is 14.0. The zero-order valence-electron chi connectivity index (χ0n) is 12.3. The first-order valence-electron chi connectivity index (χ1n) is 6.09. The number of nitrogens with zero attached hydrogens (tertiary/aromatic N) is 3. The summed E-state index contributed by atoms with van der Waals surface area (Å²) in [5, 5.41) is 9.42. The first-order chi connectivity index (χ1) is 8.09. The van der Waals surface area contributed by atoms with Crippen molar-refractivity contribution < 1.29 is 0 Å². The highest BCUT2D eigenvalue weighted by Crippen LogP contribution is 2.16. The molecule has 0 atom stereocenters. The Morgan fingerprint density at radius 3 is 1.28 bits per heavy atom. The van der Waals surface area contributed by atoms with Gasteiger partial charge in [-0.3, -0.25) is 0 Å². The van der Waals surface area contributed by atoms with E-state index in [9.17, 15) is 0 Å². The maximum absolute atomic E-state index is 4.37. The number of aromatic nitrogens is 3. The molecule has 3 N–H and O–H groups in total. The Labute approximate surface area is 109 Å². The minimum absolute atomic E-state index is 0.0919. The van der Waals surface area contributed by atoms with Gasteiger partial charge >= 0.3 is 0 Å². The highest BCUT2D eigenvalue weighted by molar-refractivity contribution is 5.43. The molecule has 0 fully saturated rings. The zero-order valence-corrected chi connectivity index (χ0v) is 12.3. The Morgan fingerprint density at radius 2 is 1.00 bits per heavy atom. The van der Waals surface area contributed by atoms with Crippen molar-refractivity contribution in [3.63, 3.8) is 0 Å². The van der Waals surface area contributed by atoms with E-state index in [4.69, 9.17) is 0 Å². The fourth-order valence-electron chi connectivity index (χ4n) is 1.27. The third kappa shape index (κ3) is 5.16. The summed E-state index contributed by atoms with van der Waals surface area (Å²) < 4.78 is 0. The van der Waals surface area contributed by atoms with Crippen molar-refractivity contribution in [2.75, 3.05) is 23.0 Å². The van der Waals surface area contributed by atoms with Gasteiger partial charge in [-0.25, -0.2) is 0 Å². The third-order valence-electron chi connectivity index (χ3n) is 1.83. The summed E-state index contributed by atoms with van der Waals surface area (Å²) in [7, 11) is 1.79. The molecule has 0 bridgehead atoms. The second-order valence-corrected chi connectivity index (χ2v) is 6.31. The van der Waals surface area contributed by atoms with Crippen LogP contribution in [-0.4, -0.2) is 33.1 Å². The first kappa shape index (κ1) is 14.5. The summed E-state index contributed by atoms with van der Waals surface area (Å²) in [6, 6.07) is 0. The molecule has 0 saturated heterocycles. The maximum Gasteiger partial charge on any atom is 0.229 e. The molecule has 0 radical (unpaired) electrons. The Kier molecular flexibility index (Phi) is 3.98. The van der Waals surface area contributed by atoms with Crippen molar-refractivity contribution in [1.82, 2.24) is 15.0 Å². The predicted molar refractivity (Wildman–Crippen MR) is 76.1 cm³/mol. The Bertz CT molecular complexity index is 368. The standard InChI is InChI=1S/C12H24N6/c1-11(2,3)17-9-14-8(13-7)15-10(16-9)18-12(4,5)6/h1-7H3,(H3,13,14,15,16,17,18). The smallest absolute Gasteiger partial charge is 0.229 e. The van der Waals surface area contributed by atoms with Gasteiger partial charge in [-0.1, -0.05) is 0 Å². The molecule has 0 amide bonds. The lowest BCUT2D eigenvalue weighted by atomic mass is 10.1. The second kappa shape index (κ2) is 4.96. The van der Waals surface area contributed by atoms with Crippen molar-refractivity contribution in [3.8, 4) is 0 Å². The van der Waals surface area contributed by atoms with Crippen LogP contribution >= 0.6 is 0 Å². The van der Waals surface area contributed by atoms with Gasteiger partial charge in [0.25, 0.3) is 0 Å². The van der Waals surface area contributed by atoms with Gasteiger partial charge < -0.3 is 16.0 Å². The van der Waals surface area contributed by atoms with E-state index in [1.54, 1.807) is 7.05 Å². The molecule has 1 aromatic rings. The fourth-order valence-corrected chi connectivity index (χ4v) is 1.27. The fraction of sp³-hybridized carbons (Fsp3) is 0.750. The minimum Gasteiger partial charge on any atom is -0.357 e. The quantitative estimate of drug-likeness (QED) is 0.766. The Balaban J connectivity index is 3.02. The van der Waals surface area contributed by atoms with Gasteiger partial charge in [0.05, 0.1) is 0 Å². The van der Waals surface area contributed by atoms with Gasteiger partial charge in [0, 0.05) is 18.1 Å². The molecule has 0 aliphatic heterocycles. The molecule has 1 rings (SSSR count). The van der Waals surface area contributed by atoms with Crippen LogP contribution in [0.1, 0.15) is 41.5 Å². The van der Waals surface area contributed by atoms with E-state index < -0.39 is 0 Å². The summed E-state index contributed by atoms with van der Waals surface area (Å²) in [4.78, 5) is 12.9. The Morgan fingerprint density at radius 1 is 0.667 bits per heavy atom. The summed E-state index contributed by atoms with van der Waals surface area (Å²) >= 11 is 0. The summed E-state index contributed by atoms with van der Waals surface area (Å²) in [6.07, 6.45) is 0. The lowest BCUT2D eigenvalue weighted by Crippen LogP contribution is -2.30. The lowest BCUT2D eigenvalue weighted by molar-refractivity contribution is 0.616. The van der Waals surface area contributed by atoms with Crippen LogP contribution in [0.3, 0.4) is 0 Å². The monoisotopic (exact) mass is 252 g/mol. The van der Waals surface area contributed by atoms with Gasteiger partial charge in [0.1, 0.15) is 0 Å². The van der Waals surface area contributed by atoms with Crippen molar-refractivity contribution >= 4 is 17.8 Å². The van der Waals surface area contributed by atoms with Crippen LogP contribution in [0.15, 0.2) is 0 Å². The molecule has 0 unspecified atom stereocenters. The molecule has 102 valence electrons. The summed E-state index contributed by atoms with van der Waals surface area (Å²) in [5.41, 5.74) is -0.184. The SMILES string of the molecule is CNc1nc(NC(C)(C)C)nc(NC(C)(C)C)n1. The second-order valence-electron chi connectivity index (χ2n) is 6.31. The molecule has 6 nitrogen and oxygen atoms in total. The van der Waals surface area contributed by atoms with E-state index in [1.165, 1.54) is 0 Å². The highest BCUT2D eigenvalue weighted by atomic mass is 15.3. The van der Waals surface area contributed by atoms with Gasteiger partial charge in [0.2, 0.25) is 17.8 Å². The van der Waals surface area contributed by atoms with E-state index >= 15 is 0 Å². The van der Waals surface area contributed by atoms with Crippen LogP contribution in [-0.2, 0) is 0 Å². The van der Waals surface area contributed by atoms with Crippen LogP contribution < -0.4 is 16.0 Å². The van der Waals surface area contributed by atoms with Crippen molar-refractivity contribution in [3.05, 3.63) is 0 Å². The predicted octanol–water partition coefficient (Wildman–Crippen LogP) is 2.33. The van der Waals surface area contributed by atoms with Gasteiger partial charge in [-0.15, -0.1) is 0 Å². The van der Waals surface area contributed by atoms with E-state index in [1.807, 2.05) is 0 Å². The minimum atomic E-state index is -0.0919. The molecule has 6 heteroatoms. The molecule has 0 aromatic carbocycles. The van der Waals surface area contributed by atoms with Gasteiger partial charge in [-0.05, 0) is 41.5 Å². The third-order valence-corrected chi connectivity index (χ3v) is 1.83. The number of anilines is 3. The van der Waals surface area contributed by atoms with E-state index in [2.05, 4.69) is 72.4 Å². The van der Waals surface area contributed by atoms with Gasteiger partial charge in [-0.2, -0.15) is 15.0 Å². The molecule has 18 heavy (non-hydrogen) atoms. The summed E-state index contributed by atoms with van der Waals surface area (Å²) in [6.45, 7) is 12.4. The first-order valence-corrected chi connectivity index (χ1v) is 6.09. The molecule has 0 saturated carbocycles. The topological polar surface area (TPSA) is 74.8 Å². The van der Waals surface area contributed by atoms with Crippen LogP contribution in [0.5, 0.6) is 0 Å². The summed E-state index contributed by atoms with van der Waals surface area (Å²) in [5.74, 6) is 1.67. The molecular formula is C12H24N6. The van der Waals surface area contributed by atoms with E-state index in [-0.39, 0.29) is 11.1 Å². The molecule has 1 heterocycles. The van der Waals surface area contributed by atoms with Crippen LogP contribution in [0.4, 0.5) is 17.8 Å². The van der Waals surface area contributed by atoms with Crippen LogP contribution in [0, 0.1) is 0 Å². The van der Waals surface area contributed by atoms with Crippen molar-refractivity contribution in [1.29, 1.82) is 0 Å². The molecule has 0 aliphatic carbocycles. The highest BCUT2D eigenvalue weighted by Gasteiger charge is 2.16. The van der Waals surface area contributed by atoms with Gasteiger partial charge in [0.15, 0.2) is 0 Å². The van der Waals surface area contributed by atoms with Crippen molar-refractivity contribution in [2.45, 2.75) is 52.6 Å². The maximum atomic E-state index is 4.37.